The van der Waals surface area contributed by atoms with Crippen LogP contribution in [0.4, 0.5) is 0 Å². The van der Waals surface area contributed by atoms with Crippen LogP contribution in [0.2, 0.25) is 0 Å². The highest BCUT2D eigenvalue weighted by Crippen LogP contribution is 2.19. The molecule has 1 atom stereocenters. The van der Waals surface area contributed by atoms with E-state index in [1.165, 1.54) is 0 Å². The molecule has 2 rings (SSSR count). The standard InChI is InChI=1S/C17H21N3O2S/c1-11-14(16(22)19-17(23)18-11)9-10-15(21)20(3)12(2)13-7-5-4-6-8-13/h4-8,12H,9-10H2,1-3H3,(H2,18,19,22,23)/t12-/m0/s1. The van der Waals surface area contributed by atoms with Gasteiger partial charge in [0, 0.05) is 24.7 Å². The molecule has 2 aromatic rings. The first kappa shape index (κ1) is 17.1. The molecule has 5 nitrogen and oxygen atoms in total. The number of carbonyl (C=O) groups is 1. The number of H-pyrrole nitrogens is 2. The van der Waals surface area contributed by atoms with Crippen LogP contribution in [0.15, 0.2) is 35.1 Å². The van der Waals surface area contributed by atoms with Crippen LogP contribution in [0.3, 0.4) is 0 Å². The zero-order valence-electron chi connectivity index (χ0n) is 13.6. The first-order valence-electron chi connectivity index (χ1n) is 7.53. The number of benzene rings is 1. The molecule has 0 fully saturated rings. The van der Waals surface area contributed by atoms with E-state index in [1.54, 1.807) is 18.9 Å². The number of nitrogens with zero attached hydrogens (tertiary/aromatic N) is 1. The lowest BCUT2D eigenvalue weighted by Crippen LogP contribution is -2.30. The topological polar surface area (TPSA) is 69.0 Å². The van der Waals surface area contributed by atoms with E-state index in [9.17, 15) is 9.59 Å². The van der Waals surface area contributed by atoms with Gasteiger partial charge in [-0.25, -0.2) is 0 Å². The molecule has 1 amide bonds. The van der Waals surface area contributed by atoms with Crippen LogP contribution in [-0.2, 0) is 11.2 Å². The largest absolute Gasteiger partial charge is 0.339 e. The Morgan fingerprint density at radius 3 is 2.52 bits per heavy atom. The molecule has 0 radical (unpaired) electrons. The van der Waals surface area contributed by atoms with Crippen LogP contribution < -0.4 is 5.56 Å². The fourth-order valence-electron chi connectivity index (χ4n) is 2.51. The van der Waals surface area contributed by atoms with Crippen molar-refractivity contribution in [2.45, 2.75) is 32.7 Å². The lowest BCUT2D eigenvalue weighted by Gasteiger charge is -2.25. The average Bonchev–Trinajstić information content (AvgIpc) is 2.53. The Balaban J connectivity index is 2.05. The summed E-state index contributed by atoms with van der Waals surface area (Å²) in [4.78, 5) is 31.5. The second-order valence-corrected chi connectivity index (χ2v) is 6.01. The highest BCUT2D eigenvalue weighted by molar-refractivity contribution is 7.71. The van der Waals surface area contributed by atoms with Crippen molar-refractivity contribution in [3.8, 4) is 0 Å². The minimum atomic E-state index is -0.224. The van der Waals surface area contributed by atoms with E-state index in [2.05, 4.69) is 9.97 Å². The molecule has 1 aromatic heterocycles. The van der Waals surface area contributed by atoms with Crippen molar-refractivity contribution >= 4 is 18.1 Å². The first-order valence-corrected chi connectivity index (χ1v) is 7.93. The van der Waals surface area contributed by atoms with Gasteiger partial charge in [0.05, 0.1) is 6.04 Å². The predicted molar refractivity (Wildman–Crippen MR) is 92.9 cm³/mol. The molecule has 2 N–H and O–H groups in total. The third-order valence-corrected chi connectivity index (χ3v) is 4.30. The summed E-state index contributed by atoms with van der Waals surface area (Å²) >= 11 is 4.93. The van der Waals surface area contributed by atoms with E-state index in [1.807, 2.05) is 37.3 Å². The van der Waals surface area contributed by atoms with Gasteiger partial charge in [-0.15, -0.1) is 0 Å². The molecule has 0 unspecified atom stereocenters. The minimum Gasteiger partial charge on any atom is -0.339 e. The number of rotatable bonds is 5. The first-order chi connectivity index (χ1) is 10.9. The van der Waals surface area contributed by atoms with Crippen LogP contribution in [-0.4, -0.2) is 27.8 Å². The van der Waals surface area contributed by atoms with Gasteiger partial charge in [0.15, 0.2) is 4.77 Å². The number of hydrogen-bond donors (Lipinski definition) is 2. The lowest BCUT2D eigenvalue weighted by atomic mass is 10.1. The van der Waals surface area contributed by atoms with Crippen molar-refractivity contribution in [3.63, 3.8) is 0 Å². The molecule has 0 aliphatic rings. The number of nitrogens with one attached hydrogen (secondary N) is 2. The number of carbonyl (C=O) groups excluding carboxylic acids is 1. The van der Waals surface area contributed by atoms with E-state index in [4.69, 9.17) is 12.2 Å². The summed E-state index contributed by atoms with van der Waals surface area (Å²) in [5, 5.41) is 0. The van der Waals surface area contributed by atoms with Crippen LogP contribution >= 0.6 is 12.2 Å². The summed E-state index contributed by atoms with van der Waals surface area (Å²) in [6.07, 6.45) is 0.667. The number of aromatic amines is 2. The van der Waals surface area contributed by atoms with Gasteiger partial charge in [-0.2, -0.15) is 0 Å². The zero-order chi connectivity index (χ0) is 17.0. The molecule has 0 aliphatic carbocycles. The van der Waals surface area contributed by atoms with Crippen molar-refractivity contribution < 1.29 is 4.79 Å². The SMILES string of the molecule is Cc1[nH]c(=S)[nH]c(=O)c1CCC(=O)N(C)[C@@H](C)c1ccccc1. The maximum atomic E-state index is 12.4. The number of hydrogen-bond acceptors (Lipinski definition) is 3. The van der Waals surface area contributed by atoms with E-state index < -0.39 is 0 Å². The summed E-state index contributed by atoms with van der Waals surface area (Å²) in [5.74, 6) is 0.00241. The Morgan fingerprint density at radius 2 is 1.91 bits per heavy atom. The van der Waals surface area contributed by atoms with Crippen LogP contribution in [0.1, 0.15) is 36.2 Å². The maximum Gasteiger partial charge on any atom is 0.255 e. The third-order valence-electron chi connectivity index (χ3n) is 4.10. The monoisotopic (exact) mass is 331 g/mol. The normalized spacial score (nSPS) is 12.0. The Kier molecular flexibility index (Phi) is 5.50. The van der Waals surface area contributed by atoms with Crippen molar-refractivity contribution in [2.24, 2.45) is 0 Å². The molecule has 6 heteroatoms. The number of aromatic nitrogens is 2. The number of aryl methyl sites for hydroxylation is 1. The molecule has 0 spiro atoms. The molecular weight excluding hydrogens is 310 g/mol. The third kappa shape index (κ3) is 4.16. The van der Waals surface area contributed by atoms with Crippen molar-refractivity contribution in [3.05, 3.63) is 62.3 Å². The van der Waals surface area contributed by atoms with Crippen LogP contribution in [0.5, 0.6) is 0 Å². The Morgan fingerprint density at radius 1 is 1.26 bits per heavy atom. The fraction of sp³-hybridized carbons (Fsp3) is 0.353. The van der Waals surface area contributed by atoms with Crippen LogP contribution in [0.25, 0.3) is 0 Å². The molecule has 1 aromatic carbocycles. The van der Waals surface area contributed by atoms with Gasteiger partial charge in [0.1, 0.15) is 0 Å². The molecule has 0 saturated carbocycles. The fourth-order valence-corrected chi connectivity index (χ4v) is 2.75. The van der Waals surface area contributed by atoms with Gasteiger partial charge in [-0.1, -0.05) is 30.3 Å². The quantitative estimate of drug-likeness (QED) is 0.828. The second-order valence-electron chi connectivity index (χ2n) is 5.60. The van der Waals surface area contributed by atoms with Gasteiger partial charge in [0.2, 0.25) is 5.91 Å². The molecule has 1 heterocycles. The van der Waals surface area contributed by atoms with Crippen LogP contribution in [0, 0.1) is 11.7 Å². The van der Waals surface area contributed by atoms with Crippen molar-refractivity contribution in [1.82, 2.24) is 14.9 Å². The van der Waals surface area contributed by atoms with E-state index >= 15 is 0 Å². The average molecular weight is 331 g/mol. The Bertz CT molecular complexity index is 795. The summed E-state index contributed by atoms with van der Waals surface area (Å²) < 4.78 is 0.303. The van der Waals surface area contributed by atoms with E-state index in [-0.39, 0.29) is 23.9 Å². The summed E-state index contributed by atoms with van der Waals surface area (Å²) in [6.45, 7) is 3.78. The molecule has 0 aliphatic heterocycles. The Hall–Kier alpha value is -2.21. The smallest absolute Gasteiger partial charge is 0.255 e. The lowest BCUT2D eigenvalue weighted by molar-refractivity contribution is -0.131. The van der Waals surface area contributed by atoms with Gasteiger partial charge < -0.3 is 9.88 Å². The molecule has 23 heavy (non-hydrogen) atoms. The highest BCUT2D eigenvalue weighted by Gasteiger charge is 2.18. The molecule has 122 valence electrons. The van der Waals surface area contributed by atoms with Gasteiger partial charge in [-0.05, 0) is 38.0 Å². The zero-order valence-corrected chi connectivity index (χ0v) is 14.4. The predicted octanol–water partition coefficient (Wildman–Crippen LogP) is 2.89. The number of amides is 1. The molecule has 0 saturated heterocycles. The van der Waals surface area contributed by atoms with Gasteiger partial charge in [0.25, 0.3) is 5.56 Å². The van der Waals surface area contributed by atoms with E-state index in [0.717, 1.165) is 5.56 Å². The summed E-state index contributed by atoms with van der Waals surface area (Å²) in [5.41, 5.74) is 2.15. The van der Waals surface area contributed by atoms with Crippen molar-refractivity contribution in [2.75, 3.05) is 7.05 Å². The molecular formula is C17H21N3O2S. The maximum absolute atomic E-state index is 12.4. The van der Waals surface area contributed by atoms with E-state index in [0.29, 0.717) is 22.4 Å². The van der Waals surface area contributed by atoms with Gasteiger partial charge in [-0.3, -0.25) is 14.6 Å². The van der Waals surface area contributed by atoms with Gasteiger partial charge >= 0.3 is 0 Å². The summed E-state index contributed by atoms with van der Waals surface area (Å²) in [6, 6.07) is 9.86. The highest BCUT2D eigenvalue weighted by atomic mass is 32.1. The Labute approximate surface area is 140 Å². The summed E-state index contributed by atoms with van der Waals surface area (Å²) in [7, 11) is 1.79. The second kappa shape index (κ2) is 7.37. The minimum absolute atomic E-state index is 0.00241. The molecule has 0 bridgehead atoms. The van der Waals surface area contributed by atoms with Crippen molar-refractivity contribution in [1.29, 1.82) is 0 Å².